The van der Waals surface area contributed by atoms with Gasteiger partial charge < -0.3 is 4.98 Å². The van der Waals surface area contributed by atoms with Crippen molar-refractivity contribution in [1.29, 1.82) is 0 Å². The Hall–Kier alpha value is -1.71. The second-order valence-electron chi connectivity index (χ2n) is 4.62. The predicted octanol–water partition coefficient (Wildman–Crippen LogP) is 2.53. The third-order valence-corrected chi connectivity index (χ3v) is 2.74. The number of hydrogen-bond donors (Lipinski definition) is 1. The van der Waals surface area contributed by atoms with Gasteiger partial charge in [-0.15, -0.1) is 0 Å². The summed E-state index contributed by atoms with van der Waals surface area (Å²) in [5, 5.41) is 0.870. The fourth-order valence-corrected chi connectivity index (χ4v) is 1.99. The van der Waals surface area contributed by atoms with Gasteiger partial charge in [0.25, 0.3) is 0 Å². The summed E-state index contributed by atoms with van der Waals surface area (Å²) in [5.41, 5.74) is 2.37. The van der Waals surface area contributed by atoms with Crippen LogP contribution in [0.15, 0.2) is 6.20 Å². The first-order chi connectivity index (χ1) is 8.15. The van der Waals surface area contributed by atoms with Crippen molar-refractivity contribution in [3.63, 3.8) is 0 Å². The van der Waals surface area contributed by atoms with E-state index in [1.165, 1.54) is 0 Å². The molecule has 4 nitrogen and oxygen atoms in total. The number of aromatic nitrogens is 3. The molecule has 4 heteroatoms. The van der Waals surface area contributed by atoms with Crippen LogP contribution in [0.1, 0.15) is 42.6 Å². The Balaban J connectivity index is 2.59. The van der Waals surface area contributed by atoms with Crippen LogP contribution in [0.25, 0.3) is 11.0 Å². The average molecular weight is 231 g/mol. The van der Waals surface area contributed by atoms with Gasteiger partial charge in [0.15, 0.2) is 6.29 Å². The highest BCUT2D eigenvalue weighted by atomic mass is 16.1. The third kappa shape index (κ3) is 2.20. The molecule has 0 aliphatic heterocycles. The zero-order valence-corrected chi connectivity index (χ0v) is 10.4. The Morgan fingerprint density at radius 3 is 2.76 bits per heavy atom. The van der Waals surface area contributed by atoms with Crippen LogP contribution in [-0.2, 0) is 12.8 Å². The van der Waals surface area contributed by atoms with Crippen molar-refractivity contribution in [2.75, 3.05) is 0 Å². The van der Waals surface area contributed by atoms with Crippen LogP contribution in [0.2, 0.25) is 0 Å². The predicted molar refractivity (Wildman–Crippen MR) is 67.2 cm³/mol. The minimum absolute atomic E-state index is 0.526. The lowest BCUT2D eigenvalue weighted by Crippen LogP contribution is -2.04. The molecule has 0 fully saturated rings. The van der Waals surface area contributed by atoms with Crippen LogP contribution >= 0.6 is 0 Å². The number of carbonyl (C=O) groups is 1. The van der Waals surface area contributed by atoms with E-state index in [4.69, 9.17) is 0 Å². The van der Waals surface area contributed by atoms with Gasteiger partial charge >= 0.3 is 0 Å². The van der Waals surface area contributed by atoms with Gasteiger partial charge in [-0.1, -0.05) is 20.8 Å². The van der Waals surface area contributed by atoms with Crippen molar-refractivity contribution in [3.8, 4) is 0 Å². The smallest absolute Gasteiger partial charge is 0.152 e. The highest BCUT2D eigenvalue weighted by molar-refractivity contribution is 5.97. The second kappa shape index (κ2) is 4.65. The molecule has 0 radical (unpaired) electrons. The lowest BCUT2D eigenvalue weighted by Gasteiger charge is -2.06. The molecule has 2 aromatic heterocycles. The van der Waals surface area contributed by atoms with Crippen molar-refractivity contribution in [1.82, 2.24) is 15.0 Å². The maximum atomic E-state index is 10.9. The molecule has 17 heavy (non-hydrogen) atoms. The largest absolute Gasteiger partial charge is 0.345 e. The zero-order valence-electron chi connectivity index (χ0n) is 10.4. The summed E-state index contributed by atoms with van der Waals surface area (Å²) in [6.07, 6.45) is 4.22. The van der Waals surface area contributed by atoms with Crippen molar-refractivity contribution >= 4 is 17.3 Å². The molecule has 0 aliphatic rings. The van der Waals surface area contributed by atoms with Crippen LogP contribution < -0.4 is 0 Å². The molecule has 0 unspecified atom stereocenters. The first kappa shape index (κ1) is 11.8. The lowest BCUT2D eigenvalue weighted by molar-refractivity contribution is 0.112. The van der Waals surface area contributed by atoms with Crippen molar-refractivity contribution in [2.45, 2.75) is 33.6 Å². The Kier molecular flexibility index (Phi) is 3.22. The fourth-order valence-electron chi connectivity index (χ4n) is 1.99. The Bertz CT molecular complexity index is 543. The number of hydrogen-bond acceptors (Lipinski definition) is 3. The van der Waals surface area contributed by atoms with E-state index in [-0.39, 0.29) is 0 Å². The van der Waals surface area contributed by atoms with Crippen LogP contribution in [0, 0.1) is 5.92 Å². The van der Waals surface area contributed by atoms with Crippen molar-refractivity contribution in [3.05, 3.63) is 23.3 Å². The van der Waals surface area contributed by atoms with Gasteiger partial charge in [-0.25, -0.2) is 9.97 Å². The van der Waals surface area contributed by atoms with Gasteiger partial charge in [-0.2, -0.15) is 0 Å². The van der Waals surface area contributed by atoms with E-state index < -0.39 is 0 Å². The van der Waals surface area contributed by atoms with Crippen LogP contribution in [0.5, 0.6) is 0 Å². The van der Waals surface area contributed by atoms with Crippen molar-refractivity contribution in [2.24, 2.45) is 5.92 Å². The van der Waals surface area contributed by atoms with E-state index >= 15 is 0 Å². The molecular formula is C13H17N3O. The number of H-pyrrole nitrogens is 1. The number of nitrogens with one attached hydrogen (secondary N) is 1. The molecule has 0 bridgehead atoms. The van der Waals surface area contributed by atoms with Gasteiger partial charge in [-0.3, -0.25) is 4.79 Å². The number of fused-ring (bicyclic) bond motifs is 1. The summed E-state index contributed by atoms with van der Waals surface area (Å²) in [7, 11) is 0. The maximum Gasteiger partial charge on any atom is 0.152 e. The topological polar surface area (TPSA) is 58.6 Å². The Morgan fingerprint density at radius 2 is 2.18 bits per heavy atom. The highest BCUT2D eigenvalue weighted by Gasteiger charge is 2.12. The summed E-state index contributed by atoms with van der Waals surface area (Å²) in [6.45, 7) is 6.33. The van der Waals surface area contributed by atoms with Gasteiger partial charge in [0.2, 0.25) is 0 Å². The molecule has 0 amide bonds. The van der Waals surface area contributed by atoms with Gasteiger partial charge in [0, 0.05) is 18.2 Å². The molecule has 1 N–H and O–H groups in total. The summed E-state index contributed by atoms with van der Waals surface area (Å²) in [5.74, 6) is 1.38. The number of rotatable bonds is 4. The molecule has 0 aliphatic carbocycles. The normalized spacial score (nSPS) is 11.3. The molecule has 90 valence electrons. The molecule has 0 saturated heterocycles. The minimum atomic E-state index is 0.526. The average Bonchev–Trinajstić information content (AvgIpc) is 2.70. The van der Waals surface area contributed by atoms with Crippen LogP contribution in [0.4, 0.5) is 0 Å². The van der Waals surface area contributed by atoms with E-state index in [0.717, 1.165) is 41.7 Å². The van der Waals surface area contributed by atoms with Gasteiger partial charge in [0.05, 0.1) is 11.1 Å². The first-order valence-corrected chi connectivity index (χ1v) is 5.97. The minimum Gasteiger partial charge on any atom is -0.345 e. The number of carbonyl (C=O) groups excluding carboxylic acids is 1. The summed E-state index contributed by atoms with van der Waals surface area (Å²) >= 11 is 0. The standard InChI is InChI=1S/C13H17N3O/c1-4-10-12-9(7-17)6-14-13(12)16-11(15-10)5-8(2)3/h6-8H,4-5H2,1-3H3,(H,14,15,16). The fraction of sp³-hybridized carbons (Fsp3) is 0.462. The third-order valence-electron chi connectivity index (χ3n) is 2.74. The number of nitrogens with zero attached hydrogens (tertiary/aromatic N) is 2. The highest BCUT2D eigenvalue weighted by Crippen LogP contribution is 2.20. The lowest BCUT2D eigenvalue weighted by atomic mass is 10.1. The molecule has 2 heterocycles. The Morgan fingerprint density at radius 1 is 1.41 bits per heavy atom. The van der Waals surface area contributed by atoms with Crippen LogP contribution in [0.3, 0.4) is 0 Å². The summed E-state index contributed by atoms with van der Waals surface area (Å²) < 4.78 is 0. The molecule has 0 spiro atoms. The summed E-state index contributed by atoms with van der Waals surface area (Å²) in [6, 6.07) is 0. The number of aromatic amines is 1. The molecule has 0 saturated carbocycles. The molecule has 0 aromatic carbocycles. The van der Waals surface area contributed by atoms with E-state index in [1.807, 2.05) is 6.92 Å². The van der Waals surface area contributed by atoms with E-state index in [0.29, 0.717) is 11.5 Å². The number of aryl methyl sites for hydroxylation is 1. The molecule has 2 rings (SSSR count). The van der Waals surface area contributed by atoms with E-state index in [2.05, 4.69) is 28.8 Å². The SMILES string of the molecule is CCc1nc(CC(C)C)nc2[nH]cc(C=O)c12. The number of aldehydes is 1. The molecular weight excluding hydrogens is 214 g/mol. The second-order valence-corrected chi connectivity index (χ2v) is 4.62. The summed E-state index contributed by atoms with van der Waals surface area (Å²) in [4.78, 5) is 23.0. The molecule has 0 atom stereocenters. The first-order valence-electron chi connectivity index (χ1n) is 5.97. The van der Waals surface area contributed by atoms with E-state index in [1.54, 1.807) is 6.20 Å². The van der Waals surface area contributed by atoms with Gasteiger partial charge in [-0.05, 0) is 12.3 Å². The maximum absolute atomic E-state index is 10.9. The monoisotopic (exact) mass is 231 g/mol. The Labute approximate surface area is 100 Å². The quantitative estimate of drug-likeness (QED) is 0.822. The molecule has 2 aromatic rings. The zero-order chi connectivity index (χ0) is 12.4. The van der Waals surface area contributed by atoms with Gasteiger partial charge in [0.1, 0.15) is 11.5 Å². The van der Waals surface area contributed by atoms with E-state index in [9.17, 15) is 4.79 Å². The van der Waals surface area contributed by atoms with Crippen molar-refractivity contribution < 1.29 is 4.79 Å². The van der Waals surface area contributed by atoms with Crippen LogP contribution in [-0.4, -0.2) is 21.2 Å².